The molecule has 0 fully saturated rings. The third-order valence-corrected chi connectivity index (χ3v) is 2.20. The lowest BCUT2D eigenvalue weighted by Crippen LogP contribution is -2.34. The molecule has 0 saturated heterocycles. The van der Waals surface area contributed by atoms with Gasteiger partial charge in [-0.1, -0.05) is 0 Å². The molecule has 0 radical (unpaired) electrons. The maximum atomic E-state index is 11.5. The van der Waals surface area contributed by atoms with Crippen molar-refractivity contribution in [2.45, 2.75) is 13.0 Å². The molecule has 0 spiro atoms. The molecular weight excluding hydrogens is 204 g/mol. The second kappa shape index (κ2) is 3.79. The van der Waals surface area contributed by atoms with E-state index in [1.165, 1.54) is 9.47 Å². The monoisotopic (exact) mass is 216 g/mol. The summed E-state index contributed by atoms with van der Waals surface area (Å²) in [5.74, 6) is -0.175. The molecule has 2 N–H and O–H groups in total. The summed E-state index contributed by atoms with van der Waals surface area (Å²) in [6.45, 7) is 1.63. The van der Waals surface area contributed by atoms with Gasteiger partial charge in [0.15, 0.2) is 4.77 Å². The fourth-order valence-corrected chi connectivity index (χ4v) is 1.45. The maximum absolute atomic E-state index is 11.5. The molecule has 1 atom stereocenters. The van der Waals surface area contributed by atoms with Crippen molar-refractivity contribution in [2.24, 2.45) is 0 Å². The topological polar surface area (TPSA) is 73.9 Å². The summed E-state index contributed by atoms with van der Waals surface area (Å²) in [6.07, 6.45) is 0. The van der Waals surface area contributed by atoms with Crippen molar-refractivity contribution in [1.82, 2.24) is 19.7 Å². The Hall–Kier alpha value is -1.37. The lowest BCUT2D eigenvalue weighted by molar-refractivity contribution is -0.131. The van der Waals surface area contributed by atoms with Crippen LogP contribution in [0, 0.1) is 4.77 Å². The minimum atomic E-state index is -0.590. The lowest BCUT2D eigenvalue weighted by Gasteiger charge is -2.16. The number of likely N-dealkylation sites (N-methyl/N-ethyl adjacent to an activating group) is 1. The Bertz CT molecular complexity index is 414. The predicted molar refractivity (Wildman–Crippen MR) is 53.6 cm³/mol. The highest BCUT2D eigenvalue weighted by Gasteiger charge is 2.19. The number of nitrogens with zero attached hydrogens (tertiary/aromatic N) is 2. The summed E-state index contributed by atoms with van der Waals surface area (Å²) in [6, 6.07) is -0.590. The third-order valence-electron chi connectivity index (χ3n) is 1.90. The van der Waals surface area contributed by atoms with Gasteiger partial charge >= 0.3 is 5.69 Å². The number of aromatic nitrogens is 3. The van der Waals surface area contributed by atoms with Crippen molar-refractivity contribution in [2.75, 3.05) is 14.1 Å². The van der Waals surface area contributed by atoms with Crippen molar-refractivity contribution >= 4 is 18.1 Å². The largest absolute Gasteiger partial charge is 0.347 e. The number of hydrogen-bond acceptors (Lipinski definition) is 3. The first-order valence-electron chi connectivity index (χ1n) is 4.05. The second-order valence-corrected chi connectivity index (χ2v) is 3.53. The molecule has 1 amide bonds. The van der Waals surface area contributed by atoms with Crippen LogP contribution in [0.2, 0.25) is 0 Å². The second-order valence-electron chi connectivity index (χ2n) is 3.14. The molecule has 1 unspecified atom stereocenters. The van der Waals surface area contributed by atoms with E-state index in [0.29, 0.717) is 0 Å². The van der Waals surface area contributed by atoms with E-state index in [9.17, 15) is 9.59 Å². The summed E-state index contributed by atoms with van der Waals surface area (Å²) in [5, 5.41) is 4.80. The Morgan fingerprint density at radius 1 is 1.50 bits per heavy atom. The van der Waals surface area contributed by atoms with Gasteiger partial charge in [-0.25, -0.2) is 9.89 Å². The number of carbonyl (C=O) groups is 1. The molecule has 14 heavy (non-hydrogen) atoms. The molecule has 0 aliphatic carbocycles. The van der Waals surface area contributed by atoms with Gasteiger partial charge in [0.05, 0.1) is 0 Å². The summed E-state index contributed by atoms with van der Waals surface area (Å²) in [5.41, 5.74) is -0.405. The zero-order valence-electron chi connectivity index (χ0n) is 8.20. The van der Waals surface area contributed by atoms with Gasteiger partial charge in [0.1, 0.15) is 6.04 Å². The predicted octanol–water partition coefficient (Wildman–Crippen LogP) is -0.117. The maximum Gasteiger partial charge on any atom is 0.343 e. The summed E-state index contributed by atoms with van der Waals surface area (Å²) < 4.78 is 1.43. The van der Waals surface area contributed by atoms with Gasteiger partial charge in [-0.3, -0.25) is 14.5 Å². The molecule has 0 aliphatic rings. The van der Waals surface area contributed by atoms with Crippen LogP contribution in [0.4, 0.5) is 0 Å². The van der Waals surface area contributed by atoms with Gasteiger partial charge in [-0.05, 0) is 19.1 Å². The SMILES string of the molecule is CC(C(=O)N(C)C)n1c(=O)[nH][nH]c1=S. The van der Waals surface area contributed by atoms with E-state index in [1.54, 1.807) is 21.0 Å². The molecule has 1 heterocycles. The van der Waals surface area contributed by atoms with Crippen LogP contribution >= 0.6 is 12.2 Å². The highest BCUT2D eigenvalue weighted by molar-refractivity contribution is 7.71. The van der Waals surface area contributed by atoms with Crippen LogP contribution in [0.25, 0.3) is 0 Å². The van der Waals surface area contributed by atoms with Crippen LogP contribution in [-0.2, 0) is 4.79 Å². The molecule has 0 aliphatic heterocycles. The first kappa shape index (κ1) is 10.7. The van der Waals surface area contributed by atoms with Gasteiger partial charge in [-0.15, -0.1) is 0 Å². The van der Waals surface area contributed by atoms with Gasteiger partial charge in [-0.2, -0.15) is 0 Å². The van der Waals surface area contributed by atoms with Crippen molar-refractivity contribution in [3.8, 4) is 0 Å². The number of nitrogens with one attached hydrogen (secondary N) is 2. The first-order chi connectivity index (χ1) is 6.45. The van der Waals surface area contributed by atoms with E-state index >= 15 is 0 Å². The highest BCUT2D eigenvalue weighted by atomic mass is 32.1. The Morgan fingerprint density at radius 2 is 2.07 bits per heavy atom. The van der Waals surface area contributed by atoms with E-state index in [4.69, 9.17) is 12.2 Å². The zero-order valence-corrected chi connectivity index (χ0v) is 9.01. The number of H-pyrrole nitrogens is 2. The smallest absolute Gasteiger partial charge is 0.343 e. The number of hydrogen-bond donors (Lipinski definition) is 2. The minimum absolute atomic E-state index is 0.175. The Labute approximate surface area is 85.5 Å². The van der Waals surface area contributed by atoms with Crippen LogP contribution in [0.3, 0.4) is 0 Å². The fraction of sp³-hybridized carbons (Fsp3) is 0.571. The van der Waals surface area contributed by atoms with Crippen molar-refractivity contribution in [1.29, 1.82) is 0 Å². The van der Waals surface area contributed by atoms with Crippen LogP contribution in [0.5, 0.6) is 0 Å². The fourth-order valence-electron chi connectivity index (χ4n) is 1.16. The Kier molecular flexibility index (Phi) is 2.90. The van der Waals surface area contributed by atoms with E-state index < -0.39 is 11.7 Å². The molecule has 7 heteroatoms. The molecule has 1 aromatic heterocycles. The number of carbonyl (C=O) groups excluding carboxylic acids is 1. The van der Waals surface area contributed by atoms with Crippen LogP contribution in [0.15, 0.2) is 4.79 Å². The van der Waals surface area contributed by atoms with E-state index in [1.807, 2.05) is 0 Å². The lowest BCUT2D eigenvalue weighted by atomic mass is 10.3. The summed E-state index contributed by atoms with van der Waals surface area (Å²) in [7, 11) is 3.26. The van der Waals surface area contributed by atoms with Crippen LogP contribution in [0.1, 0.15) is 13.0 Å². The molecule has 0 aromatic carbocycles. The summed E-state index contributed by atoms with van der Waals surface area (Å²) in [4.78, 5) is 24.2. The standard InChI is InChI=1S/C7H12N4O2S/c1-4(5(12)10(2)3)11-6(13)8-9-7(11)14/h4H,1-3H3,(H,8,13)(H,9,14). The normalized spacial score (nSPS) is 12.5. The Balaban J connectivity index is 3.13. The Morgan fingerprint density at radius 3 is 2.43 bits per heavy atom. The zero-order chi connectivity index (χ0) is 10.9. The van der Waals surface area contributed by atoms with Gasteiger partial charge in [0, 0.05) is 14.1 Å². The number of amides is 1. The molecule has 78 valence electrons. The van der Waals surface area contributed by atoms with Crippen LogP contribution in [-0.4, -0.2) is 39.7 Å². The molecule has 0 bridgehead atoms. The van der Waals surface area contributed by atoms with E-state index in [2.05, 4.69) is 10.2 Å². The van der Waals surface area contributed by atoms with Crippen molar-refractivity contribution in [3.63, 3.8) is 0 Å². The van der Waals surface area contributed by atoms with Crippen molar-refractivity contribution in [3.05, 3.63) is 15.3 Å². The average Bonchev–Trinajstić information content (AvgIpc) is 2.44. The van der Waals surface area contributed by atoms with Gasteiger partial charge < -0.3 is 4.90 Å². The average molecular weight is 216 g/mol. The molecule has 1 aromatic rings. The molecular formula is C7H12N4O2S. The summed E-state index contributed by atoms with van der Waals surface area (Å²) >= 11 is 4.86. The van der Waals surface area contributed by atoms with E-state index in [0.717, 1.165) is 0 Å². The molecule has 1 rings (SSSR count). The van der Waals surface area contributed by atoms with Crippen LogP contribution < -0.4 is 5.69 Å². The molecule has 0 saturated carbocycles. The van der Waals surface area contributed by atoms with Gasteiger partial charge in [0.25, 0.3) is 0 Å². The minimum Gasteiger partial charge on any atom is -0.347 e. The third kappa shape index (κ3) is 1.77. The first-order valence-corrected chi connectivity index (χ1v) is 4.46. The van der Waals surface area contributed by atoms with Crippen molar-refractivity contribution < 1.29 is 4.79 Å². The van der Waals surface area contributed by atoms with Gasteiger partial charge in [0.2, 0.25) is 5.91 Å². The number of aromatic amines is 2. The van der Waals surface area contributed by atoms with E-state index in [-0.39, 0.29) is 10.7 Å². The quantitative estimate of drug-likeness (QED) is 0.677. The number of rotatable bonds is 2. The molecule has 6 nitrogen and oxygen atoms in total. The highest BCUT2D eigenvalue weighted by Crippen LogP contribution is 2.04.